The molecule has 0 bridgehead atoms. The third-order valence-corrected chi connectivity index (χ3v) is 5.96. The van der Waals surface area contributed by atoms with E-state index in [-0.39, 0.29) is 30.2 Å². The lowest BCUT2D eigenvalue weighted by Gasteiger charge is -2.31. The lowest BCUT2D eigenvalue weighted by Crippen LogP contribution is -2.35. The van der Waals surface area contributed by atoms with E-state index in [1.54, 1.807) is 6.92 Å². The van der Waals surface area contributed by atoms with Crippen LogP contribution in [0.2, 0.25) is 0 Å². The molecule has 1 aromatic carbocycles. The van der Waals surface area contributed by atoms with Crippen molar-refractivity contribution in [3.63, 3.8) is 0 Å². The molecule has 4 rings (SSSR count). The zero-order chi connectivity index (χ0) is 20.2. The predicted octanol–water partition coefficient (Wildman–Crippen LogP) is 2.36. The van der Waals surface area contributed by atoms with Crippen molar-refractivity contribution in [3.05, 3.63) is 33.9 Å². The second-order valence-corrected chi connectivity index (χ2v) is 7.74. The molecular weight excluding hydrogens is 365 g/mol. The van der Waals surface area contributed by atoms with Gasteiger partial charge in [-0.1, -0.05) is 6.92 Å². The predicted molar refractivity (Wildman–Crippen MR) is 104 cm³/mol. The van der Waals surface area contributed by atoms with E-state index in [4.69, 9.17) is 10.5 Å². The number of ether oxygens (including phenoxy) is 1. The second kappa shape index (κ2) is 6.77. The number of anilines is 1. The number of aromatic nitrogens is 1. The van der Waals surface area contributed by atoms with Gasteiger partial charge < -0.3 is 20.5 Å². The number of rotatable bonds is 4. The zero-order valence-electron chi connectivity index (χ0n) is 15.9. The van der Waals surface area contributed by atoms with Gasteiger partial charge >= 0.3 is 5.97 Å². The third kappa shape index (κ3) is 2.74. The fraction of sp³-hybridized carbons (Fsp3) is 0.500. The van der Waals surface area contributed by atoms with Crippen molar-refractivity contribution in [2.45, 2.75) is 38.8 Å². The average Bonchev–Trinajstić information content (AvgIpc) is 3.14. The summed E-state index contributed by atoms with van der Waals surface area (Å²) < 4.78 is 22.4. The van der Waals surface area contributed by atoms with Crippen LogP contribution < -0.4 is 20.9 Å². The number of pyridine rings is 1. The maximum atomic E-state index is 15.1. The number of carboxylic acid groups (broad SMARTS) is 1. The van der Waals surface area contributed by atoms with Crippen LogP contribution in [-0.2, 0) is 0 Å². The highest BCUT2D eigenvalue weighted by atomic mass is 19.1. The molecule has 0 saturated carbocycles. The van der Waals surface area contributed by atoms with Gasteiger partial charge in [0.05, 0.1) is 11.6 Å². The molecule has 3 N–H and O–H groups in total. The van der Waals surface area contributed by atoms with Gasteiger partial charge in [0.15, 0.2) is 11.6 Å². The van der Waals surface area contributed by atoms with E-state index in [0.717, 1.165) is 12.8 Å². The van der Waals surface area contributed by atoms with E-state index in [9.17, 15) is 14.7 Å². The van der Waals surface area contributed by atoms with Crippen molar-refractivity contribution in [1.82, 2.24) is 4.57 Å². The summed E-state index contributed by atoms with van der Waals surface area (Å²) in [5.74, 6) is -1.22. The first-order valence-electron chi connectivity index (χ1n) is 9.61. The topological polar surface area (TPSA) is 97.8 Å². The van der Waals surface area contributed by atoms with Gasteiger partial charge in [-0.05, 0) is 37.8 Å². The fourth-order valence-electron chi connectivity index (χ4n) is 4.39. The summed E-state index contributed by atoms with van der Waals surface area (Å²) in [4.78, 5) is 26.2. The van der Waals surface area contributed by atoms with E-state index in [2.05, 4.69) is 0 Å². The Kier molecular flexibility index (Phi) is 4.53. The monoisotopic (exact) mass is 389 g/mol. The van der Waals surface area contributed by atoms with Crippen molar-refractivity contribution >= 4 is 22.6 Å². The van der Waals surface area contributed by atoms with E-state index >= 15 is 4.39 Å². The first-order chi connectivity index (χ1) is 13.3. The third-order valence-electron chi connectivity index (χ3n) is 5.96. The van der Waals surface area contributed by atoms with E-state index in [1.165, 1.54) is 16.7 Å². The molecule has 150 valence electrons. The minimum atomic E-state index is -1.32. The van der Waals surface area contributed by atoms with Crippen LogP contribution in [0.5, 0.6) is 5.75 Å². The molecule has 1 saturated heterocycles. The van der Waals surface area contributed by atoms with Crippen LogP contribution in [-0.4, -0.2) is 41.4 Å². The molecule has 3 atom stereocenters. The van der Waals surface area contributed by atoms with Crippen molar-refractivity contribution in [2.24, 2.45) is 11.7 Å². The molecule has 7 nitrogen and oxygen atoms in total. The van der Waals surface area contributed by atoms with E-state index < -0.39 is 17.3 Å². The largest absolute Gasteiger partial charge is 0.487 e. The summed E-state index contributed by atoms with van der Waals surface area (Å²) in [5.41, 5.74) is 6.01. The van der Waals surface area contributed by atoms with Crippen molar-refractivity contribution in [3.8, 4) is 5.75 Å². The molecule has 2 aromatic rings. The van der Waals surface area contributed by atoms with Crippen LogP contribution >= 0.6 is 0 Å². The smallest absolute Gasteiger partial charge is 0.341 e. The Morgan fingerprint density at radius 2 is 2.21 bits per heavy atom. The SMILES string of the molecule is CCC(N)C1CCN(c2c(F)cc3cc(C(=O)O)c(=O)n4c3c2OC[C@@H]4C)C1. The summed E-state index contributed by atoms with van der Waals surface area (Å²) in [7, 11) is 0. The van der Waals surface area contributed by atoms with Gasteiger partial charge in [0.1, 0.15) is 17.9 Å². The molecule has 1 aromatic heterocycles. The highest BCUT2D eigenvalue weighted by Gasteiger charge is 2.34. The van der Waals surface area contributed by atoms with Crippen molar-refractivity contribution in [2.75, 3.05) is 24.6 Å². The molecule has 0 spiro atoms. The number of halogens is 1. The van der Waals surface area contributed by atoms with Gasteiger partial charge in [0.2, 0.25) is 0 Å². The molecule has 0 radical (unpaired) electrons. The maximum absolute atomic E-state index is 15.1. The van der Waals surface area contributed by atoms with Gasteiger partial charge in [-0.15, -0.1) is 0 Å². The van der Waals surface area contributed by atoms with Crippen LogP contribution in [0.3, 0.4) is 0 Å². The summed E-state index contributed by atoms with van der Waals surface area (Å²) in [6.45, 7) is 5.28. The van der Waals surface area contributed by atoms with Gasteiger partial charge in [0, 0.05) is 24.5 Å². The number of nitrogens with two attached hydrogens (primary N) is 1. The minimum Gasteiger partial charge on any atom is -0.487 e. The van der Waals surface area contributed by atoms with Gasteiger partial charge in [-0.25, -0.2) is 9.18 Å². The Morgan fingerprint density at radius 1 is 1.46 bits per heavy atom. The van der Waals surface area contributed by atoms with Gasteiger partial charge in [0.25, 0.3) is 5.56 Å². The number of hydrogen-bond donors (Lipinski definition) is 2. The summed E-state index contributed by atoms with van der Waals surface area (Å²) >= 11 is 0. The number of benzene rings is 1. The zero-order valence-corrected chi connectivity index (χ0v) is 15.9. The minimum absolute atomic E-state index is 0.0575. The Balaban J connectivity index is 1.92. The summed E-state index contributed by atoms with van der Waals surface area (Å²) in [6.07, 6.45) is 1.73. The number of nitrogens with zero attached hydrogens (tertiary/aromatic N) is 2. The average molecular weight is 389 g/mol. The summed E-state index contributed by atoms with van der Waals surface area (Å²) in [5, 5.41) is 9.71. The molecule has 2 aliphatic rings. The molecule has 2 unspecified atom stereocenters. The Hall–Kier alpha value is -2.61. The molecule has 2 aliphatic heterocycles. The fourth-order valence-corrected chi connectivity index (χ4v) is 4.39. The highest BCUT2D eigenvalue weighted by molar-refractivity contribution is 5.97. The first kappa shape index (κ1) is 18.7. The van der Waals surface area contributed by atoms with E-state index in [1.807, 2.05) is 11.8 Å². The van der Waals surface area contributed by atoms with Crippen LogP contribution in [0, 0.1) is 11.7 Å². The Bertz CT molecular complexity index is 1020. The maximum Gasteiger partial charge on any atom is 0.341 e. The molecular formula is C20H24FN3O4. The first-order valence-corrected chi connectivity index (χ1v) is 9.61. The van der Waals surface area contributed by atoms with Gasteiger partial charge in [-0.3, -0.25) is 9.36 Å². The van der Waals surface area contributed by atoms with Gasteiger partial charge in [-0.2, -0.15) is 0 Å². The van der Waals surface area contributed by atoms with E-state index in [0.29, 0.717) is 35.4 Å². The normalized spacial score (nSPS) is 22.4. The summed E-state index contributed by atoms with van der Waals surface area (Å²) in [6, 6.07) is 2.24. The number of carbonyl (C=O) groups is 1. The standard InChI is InChI=1S/C20H24FN3O4/c1-3-15(22)11-4-5-23(8-11)17-14(21)7-12-6-13(20(26)27)19(25)24-10(2)9-28-18(17)16(12)24/h6-7,10-11,15H,3-5,8-9,22H2,1-2H3,(H,26,27)/t10-,11?,15?/m0/s1. The van der Waals surface area contributed by atoms with Crippen LogP contribution in [0.15, 0.2) is 16.9 Å². The van der Waals surface area contributed by atoms with Crippen molar-refractivity contribution < 1.29 is 19.0 Å². The van der Waals surface area contributed by atoms with Crippen LogP contribution in [0.4, 0.5) is 10.1 Å². The quantitative estimate of drug-likeness (QED) is 0.833. The molecule has 0 aliphatic carbocycles. The molecule has 28 heavy (non-hydrogen) atoms. The lowest BCUT2D eigenvalue weighted by atomic mass is 9.98. The molecule has 0 amide bonds. The number of hydrogen-bond acceptors (Lipinski definition) is 5. The second-order valence-electron chi connectivity index (χ2n) is 7.74. The Morgan fingerprint density at radius 3 is 2.89 bits per heavy atom. The highest BCUT2D eigenvalue weighted by Crippen LogP contribution is 2.43. The number of carboxylic acids is 1. The van der Waals surface area contributed by atoms with Crippen LogP contribution in [0.25, 0.3) is 10.9 Å². The number of aromatic carboxylic acids is 1. The van der Waals surface area contributed by atoms with Crippen LogP contribution in [0.1, 0.15) is 43.1 Å². The molecule has 8 heteroatoms. The lowest BCUT2D eigenvalue weighted by molar-refractivity contribution is 0.0694. The molecule has 1 fully saturated rings. The Labute approximate surface area is 161 Å². The molecule has 3 heterocycles. The van der Waals surface area contributed by atoms with Crippen molar-refractivity contribution in [1.29, 1.82) is 0 Å².